The monoisotopic (exact) mass is 121 g/mol. The molecule has 0 heterocycles. The Morgan fingerprint density at radius 1 is 1.38 bits per heavy atom. The van der Waals surface area contributed by atoms with E-state index in [-0.39, 0.29) is 10.9 Å². The van der Waals surface area contributed by atoms with Gasteiger partial charge >= 0.3 is 0 Å². The average Bonchev–Trinajstić information content (AvgIpc) is 1.30. The third kappa shape index (κ3) is 9.30. The molecule has 0 aliphatic rings. The Kier molecular flexibility index (Phi) is 5.17. The molecule has 0 aliphatic carbocycles. The van der Waals surface area contributed by atoms with Crippen LogP contribution in [-0.4, -0.2) is 17.2 Å². The van der Waals surface area contributed by atoms with Gasteiger partial charge in [0.2, 0.25) is 0 Å². The zero-order chi connectivity index (χ0) is 5.91. The molecule has 0 atom stereocenters. The van der Waals surface area contributed by atoms with Crippen molar-refractivity contribution in [2.45, 2.75) is 20.8 Å². The van der Waals surface area contributed by atoms with Crippen molar-refractivity contribution in [1.82, 2.24) is 0 Å². The Bertz CT molecular complexity index is 48.9. The first-order valence-electron chi connectivity index (χ1n) is 2.52. The number of quaternary nitrogens is 1. The number of nitrogens with two attached hydrogens (primary N) is 1. The quantitative estimate of drug-likeness (QED) is 0.472. The van der Waals surface area contributed by atoms with Gasteiger partial charge in [0.15, 0.2) is 0 Å². The van der Waals surface area contributed by atoms with E-state index in [2.05, 4.69) is 20.8 Å². The van der Waals surface area contributed by atoms with Crippen molar-refractivity contribution < 1.29 is 16.2 Å². The summed E-state index contributed by atoms with van der Waals surface area (Å²) in [6.07, 6.45) is 0. The highest BCUT2D eigenvalue weighted by atomic mass is 16.5. The van der Waals surface area contributed by atoms with E-state index in [4.69, 9.17) is 5.21 Å². The molecule has 52 valence electrons. The first-order chi connectivity index (χ1) is 3.06. The second-order valence-electron chi connectivity index (χ2n) is 2.95. The Morgan fingerprint density at radius 3 is 1.75 bits per heavy atom. The fraction of sp³-hybridized carbons (Fsp3) is 1.00. The Morgan fingerprint density at radius 2 is 1.75 bits per heavy atom. The molecule has 0 saturated carbocycles. The fourth-order valence-corrected chi connectivity index (χ4v) is 0.274. The van der Waals surface area contributed by atoms with Crippen LogP contribution < -0.4 is 5.48 Å². The molecule has 3 heteroatoms. The molecule has 0 amide bonds. The lowest BCUT2D eigenvalue weighted by Gasteiger charge is -2.11. The van der Waals surface area contributed by atoms with Crippen molar-refractivity contribution in [2.75, 3.05) is 6.54 Å². The van der Waals surface area contributed by atoms with Crippen molar-refractivity contribution in [3.8, 4) is 0 Å². The van der Waals surface area contributed by atoms with E-state index in [1.165, 1.54) is 5.48 Å². The maximum atomic E-state index is 8.28. The van der Waals surface area contributed by atoms with E-state index < -0.39 is 0 Å². The lowest BCUT2D eigenvalue weighted by Crippen LogP contribution is -2.83. The molecular weight excluding hydrogens is 106 g/mol. The minimum Gasteiger partial charge on any atom is -0.870 e. The molecule has 0 aromatic carbocycles. The highest BCUT2D eigenvalue weighted by Gasteiger charge is 2.10. The SMILES string of the molecule is CC(C)(C)C[NH2+]O.[OH-]. The molecule has 8 heavy (non-hydrogen) atoms. The van der Waals surface area contributed by atoms with Gasteiger partial charge in [0.05, 0.1) is 0 Å². The maximum Gasteiger partial charge on any atom is 0.110 e. The van der Waals surface area contributed by atoms with Crippen LogP contribution in [0.1, 0.15) is 20.8 Å². The molecule has 0 radical (unpaired) electrons. The largest absolute Gasteiger partial charge is 0.870 e. The number of hydrogen-bond donors (Lipinski definition) is 2. The molecule has 0 unspecified atom stereocenters. The summed E-state index contributed by atoms with van der Waals surface area (Å²) in [7, 11) is 0. The first-order valence-corrected chi connectivity index (χ1v) is 2.52. The third-order valence-electron chi connectivity index (χ3n) is 0.704. The molecule has 3 nitrogen and oxygen atoms in total. The van der Waals surface area contributed by atoms with Gasteiger partial charge in [-0.1, -0.05) is 20.8 Å². The predicted molar refractivity (Wildman–Crippen MR) is 30.0 cm³/mol. The van der Waals surface area contributed by atoms with Crippen LogP contribution in [0, 0.1) is 5.41 Å². The van der Waals surface area contributed by atoms with Crippen LogP contribution in [0.15, 0.2) is 0 Å². The van der Waals surface area contributed by atoms with Crippen LogP contribution in [0.4, 0.5) is 0 Å². The van der Waals surface area contributed by atoms with Crippen LogP contribution in [0.2, 0.25) is 0 Å². The van der Waals surface area contributed by atoms with Gasteiger partial charge in [0.25, 0.3) is 0 Å². The lowest BCUT2D eigenvalue weighted by molar-refractivity contribution is -0.892. The van der Waals surface area contributed by atoms with Crippen LogP contribution in [0.3, 0.4) is 0 Å². The standard InChI is InChI=1S/C5H13NO.H2O/c1-5(2,3)4-6-7;/h6-7H,4H2,1-3H3;1H2. The van der Waals surface area contributed by atoms with E-state index in [0.29, 0.717) is 0 Å². The Hall–Kier alpha value is -0.120. The number of hydroxylamine groups is 1. The summed E-state index contributed by atoms with van der Waals surface area (Å²) >= 11 is 0. The Balaban J connectivity index is 0. The molecule has 0 aromatic heterocycles. The second kappa shape index (κ2) is 3.83. The number of rotatable bonds is 1. The lowest BCUT2D eigenvalue weighted by atomic mass is 9.98. The van der Waals surface area contributed by atoms with E-state index in [1.807, 2.05) is 0 Å². The minimum atomic E-state index is 0. The summed E-state index contributed by atoms with van der Waals surface area (Å²) in [5.41, 5.74) is 1.45. The highest BCUT2D eigenvalue weighted by Crippen LogP contribution is 2.07. The zero-order valence-corrected chi connectivity index (χ0v) is 5.68. The molecule has 0 aliphatic heterocycles. The fourth-order valence-electron chi connectivity index (χ4n) is 0.274. The van der Waals surface area contributed by atoms with Gasteiger partial charge in [-0.25, -0.2) is 10.7 Å². The summed E-state index contributed by atoms with van der Waals surface area (Å²) in [5, 5.41) is 8.28. The van der Waals surface area contributed by atoms with Gasteiger partial charge in [-0.05, 0) is 0 Å². The van der Waals surface area contributed by atoms with Gasteiger partial charge < -0.3 is 5.48 Å². The summed E-state index contributed by atoms with van der Waals surface area (Å²) in [6.45, 7) is 7.02. The van der Waals surface area contributed by atoms with Crippen LogP contribution in [-0.2, 0) is 0 Å². The predicted octanol–water partition coefficient (Wildman–Crippen LogP) is -0.192. The molecule has 0 bridgehead atoms. The van der Waals surface area contributed by atoms with Crippen molar-refractivity contribution in [3.63, 3.8) is 0 Å². The van der Waals surface area contributed by atoms with Gasteiger partial charge in [0.1, 0.15) is 6.54 Å². The third-order valence-corrected chi connectivity index (χ3v) is 0.704. The normalized spacial score (nSPS) is 10.5. The van der Waals surface area contributed by atoms with Gasteiger partial charge in [0, 0.05) is 5.41 Å². The van der Waals surface area contributed by atoms with Gasteiger partial charge in [-0.3, -0.25) is 0 Å². The summed E-state index contributed by atoms with van der Waals surface area (Å²) < 4.78 is 0. The van der Waals surface area contributed by atoms with Crippen LogP contribution in [0.5, 0.6) is 0 Å². The molecular formula is C5H15NO2. The first kappa shape index (κ1) is 10.8. The van der Waals surface area contributed by atoms with E-state index in [0.717, 1.165) is 6.54 Å². The maximum absolute atomic E-state index is 8.28. The second-order valence-corrected chi connectivity index (χ2v) is 2.95. The van der Waals surface area contributed by atoms with Crippen molar-refractivity contribution >= 4 is 0 Å². The molecule has 0 fully saturated rings. The molecule has 0 saturated heterocycles. The van der Waals surface area contributed by atoms with Crippen molar-refractivity contribution in [3.05, 3.63) is 0 Å². The van der Waals surface area contributed by atoms with Crippen molar-refractivity contribution in [1.29, 1.82) is 0 Å². The highest BCUT2D eigenvalue weighted by molar-refractivity contribution is 4.55. The average molecular weight is 121 g/mol. The molecule has 4 N–H and O–H groups in total. The van der Waals surface area contributed by atoms with Gasteiger partial charge in [-0.15, -0.1) is 0 Å². The summed E-state index contributed by atoms with van der Waals surface area (Å²) in [5.74, 6) is 0. The summed E-state index contributed by atoms with van der Waals surface area (Å²) in [4.78, 5) is 0. The minimum absolute atomic E-state index is 0. The van der Waals surface area contributed by atoms with Crippen LogP contribution in [0.25, 0.3) is 0 Å². The molecule has 0 aromatic rings. The van der Waals surface area contributed by atoms with Crippen molar-refractivity contribution in [2.24, 2.45) is 5.41 Å². The van der Waals surface area contributed by atoms with Gasteiger partial charge in [-0.2, -0.15) is 0 Å². The summed E-state index contributed by atoms with van der Waals surface area (Å²) in [6, 6.07) is 0. The van der Waals surface area contributed by atoms with Crippen LogP contribution >= 0.6 is 0 Å². The number of hydrogen-bond acceptors (Lipinski definition) is 2. The van der Waals surface area contributed by atoms with E-state index in [1.54, 1.807) is 0 Å². The topological polar surface area (TPSA) is 66.8 Å². The zero-order valence-electron chi connectivity index (χ0n) is 5.68. The van der Waals surface area contributed by atoms with E-state index >= 15 is 0 Å². The smallest absolute Gasteiger partial charge is 0.110 e. The Labute approximate surface area is 50.0 Å². The molecule has 0 rings (SSSR count). The van der Waals surface area contributed by atoms with E-state index in [9.17, 15) is 0 Å². The molecule has 0 spiro atoms.